The van der Waals surface area contributed by atoms with E-state index in [2.05, 4.69) is 5.43 Å². The van der Waals surface area contributed by atoms with Crippen LogP contribution in [-0.4, -0.2) is 19.3 Å². The van der Waals surface area contributed by atoms with Crippen molar-refractivity contribution >= 4 is 0 Å². The second-order valence-corrected chi connectivity index (χ2v) is 2.41. The molecule has 0 aromatic carbocycles. The highest BCUT2D eigenvalue weighted by Crippen LogP contribution is 2.06. The van der Waals surface area contributed by atoms with Gasteiger partial charge in [0.2, 0.25) is 0 Å². The minimum atomic E-state index is 0.479. The molecule has 0 unspecified atom stereocenters. The van der Waals surface area contributed by atoms with Crippen LogP contribution in [0.25, 0.3) is 0 Å². The Labute approximate surface area is 55.5 Å². The molecule has 1 heterocycles. The first-order valence-corrected chi connectivity index (χ1v) is 3.47. The Hall–Kier alpha value is -0.120. The first-order chi connectivity index (χ1) is 4.43. The Morgan fingerprint density at radius 1 is 1.33 bits per heavy atom. The van der Waals surface area contributed by atoms with Crippen LogP contribution < -0.4 is 11.3 Å². The van der Waals surface area contributed by atoms with Crippen molar-refractivity contribution in [2.75, 3.05) is 13.2 Å². The average molecular weight is 130 g/mol. The van der Waals surface area contributed by atoms with Crippen molar-refractivity contribution in [2.45, 2.75) is 25.3 Å². The van der Waals surface area contributed by atoms with Gasteiger partial charge in [0.1, 0.15) is 0 Å². The molecular weight excluding hydrogens is 116 g/mol. The Morgan fingerprint density at radius 2 is 2.22 bits per heavy atom. The summed E-state index contributed by atoms with van der Waals surface area (Å²) in [6.45, 7) is 1.76. The van der Waals surface area contributed by atoms with Gasteiger partial charge in [0, 0.05) is 19.3 Å². The van der Waals surface area contributed by atoms with E-state index < -0.39 is 0 Å². The number of hydrazine groups is 1. The zero-order chi connectivity index (χ0) is 6.53. The van der Waals surface area contributed by atoms with E-state index in [1.165, 1.54) is 0 Å². The third-order valence-electron chi connectivity index (χ3n) is 1.69. The molecular formula is C6H14N2O. The van der Waals surface area contributed by atoms with E-state index in [0.717, 1.165) is 32.5 Å². The van der Waals surface area contributed by atoms with Crippen LogP contribution in [0.2, 0.25) is 0 Å². The van der Waals surface area contributed by atoms with Gasteiger partial charge in [0.05, 0.1) is 0 Å². The van der Waals surface area contributed by atoms with Crippen LogP contribution in [0.5, 0.6) is 0 Å². The van der Waals surface area contributed by atoms with Gasteiger partial charge in [0.25, 0.3) is 0 Å². The molecule has 1 fully saturated rings. The highest BCUT2D eigenvalue weighted by molar-refractivity contribution is 4.65. The van der Waals surface area contributed by atoms with E-state index in [1.54, 1.807) is 0 Å². The van der Waals surface area contributed by atoms with Crippen molar-refractivity contribution < 1.29 is 4.74 Å². The van der Waals surface area contributed by atoms with E-state index in [9.17, 15) is 0 Å². The standard InChI is InChI=1S/C6H14N2O/c7-8-6-2-1-4-9-5-3-6/h6,8H,1-5,7H2/t6-/m0/s1. The molecule has 0 bridgehead atoms. The quantitative estimate of drug-likeness (QED) is 0.388. The van der Waals surface area contributed by atoms with Gasteiger partial charge in [0.15, 0.2) is 0 Å². The van der Waals surface area contributed by atoms with E-state index in [1.807, 2.05) is 0 Å². The summed E-state index contributed by atoms with van der Waals surface area (Å²) in [5.74, 6) is 5.27. The summed E-state index contributed by atoms with van der Waals surface area (Å²) in [4.78, 5) is 0. The maximum Gasteiger partial charge on any atom is 0.0481 e. The Bertz CT molecular complexity index is 69.5. The van der Waals surface area contributed by atoms with Crippen LogP contribution in [0.1, 0.15) is 19.3 Å². The van der Waals surface area contributed by atoms with Crippen LogP contribution in [0.3, 0.4) is 0 Å². The van der Waals surface area contributed by atoms with Crippen LogP contribution in [-0.2, 0) is 4.74 Å². The van der Waals surface area contributed by atoms with E-state index in [-0.39, 0.29) is 0 Å². The van der Waals surface area contributed by atoms with Gasteiger partial charge in [-0.25, -0.2) is 0 Å². The third-order valence-corrected chi connectivity index (χ3v) is 1.69. The van der Waals surface area contributed by atoms with Crippen molar-refractivity contribution in [3.8, 4) is 0 Å². The van der Waals surface area contributed by atoms with Crippen LogP contribution in [0.4, 0.5) is 0 Å². The molecule has 3 heteroatoms. The van der Waals surface area contributed by atoms with Crippen LogP contribution >= 0.6 is 0 Å². The van der Waals surface area contributed by atoms with Crippen molar-refractivity contribution in [1.82, 2.24) is 5.43 Å². The van der Waals surface area contributed by atoms with Gasteiger partial charge in [-0.15, -0.1) is 0 Å². The summed E-state index contributed by atoms with van der Waals surface area (Å²) >= 11 is 0. The molecule has 0 saturated carbocycles. The Balaban J connectivity index is 2.18. The molecule has 1 saturated heterocycles. The molecule has 1 atom stereocenters. The maximum absolute atomic E-state index is 5.27. The zero-order valence-electron chi connectivity index (χ0n) is 5.60. The maximum atomic E-state index is 5.27. The summed E-state index contributed by atoms with van der Waals surface area (Å²) in [5, 5.41) is 0. The predicted molar refractivity (Wildman–Crippen MR) is 35.8 cm³/mol. The Kier molecular flexibility index (Phi) is 2.97. The number of ether oxygens (including phenoxy) is 1. The molecule has 0 aliphatic carbocycles. The zero-order valence-corrected chi connectivity index (χ0v) is 5.60. The molecule has 3 N–H and O–H groups in total. The third kappa shape index (κ3) is 2.30. The summed E-state index contributed by atoms with van der Waals surface area (Å²) in [6.07, 6.45) is 3.34. The molecule has 54 valence electrons. The van der Waals surface area contributed by atoms with E-state index >= 15 is 0 Å². The van der Waals surface area contributed by atoms with Gasteiger partial charge >= 0.3 is 0 Å². The van der Waals surface area contributed by atoms with Gasteiger partial charge in [-0.05, 0) is 19.3 Å². The number of hydrogen-bond donors (Lipinski definition) is 2. The normalized spacial score (nSPS) is 29.7. The fourth-order valence-electron chi connectivity index (χ4n) is 1.07. The van der Waals surface area contributed by atoms with E-state index in [0.29, 0.717) is 6.04 Å². The first-order valence-electron chi connectivity index (χ1n) is 3.47. The largest absolute Gasteiger partial charge is 0.381 e. The summed E-state index contributed by atoms with van der Waals surface area (Å²) < 4.78 is 5.23. The van der Waals surface area contributed by atoms with Crippen LogP contribution in [0.15, 0.2) is 0 Å². The monoisotopic (exact) mass is 130 g/mol. The lowest BCUT2D eigenvalue weighted by Crippen LogP contribution is -2.34. The molecule has 3 nitrogen and oxygen atoms in total. The predicted octanol–water partition coefficient (Wildman–Crippen LogP) is 0.0188. The fourth-order valence-corrected chi connectivity index (χ4v) is 1.07. The number of nitrogens with two attached hydrogens (primary N) is 1. The number of hydrogen-bond acceptors (Lipinski definition) is 3. The van der Waals surface area contributed by atoms with Crippen molar-refractivity contribution in [1.29, 1.82) is 0 Å². The molecule has 1 aliphatic heterocycles. The van der Waals surface area contributed by atoms with Gasteiger partial charge in [-0.1, -0.05) is 0 Å². The van der Waals surface area contributed by atoms with Gasteiger partial charge in [-0.2, -0.15) is 0 Å². The molecule has 0 radical (unpaired) electrons. The van der Waals surface area contributed by atoms with Gasteiger partial charge in [-0.3, -0.25) is 11.3 Å². The SMILES string of the molecule is NN[C@H]1CCCOCC1. The fraction of sp³-hybridized carbons (Fsp3) is 1.00. The van der Waals surface area contributed by atoms with Crippen LogP contribution in [0, 0.1) is 0 Å². The second-order valence-electron chi connectivity index (χ2n) is 2.41. The molecule has 1 rings (SSSR count). The molecule has 0 aromatic rings. The van der Waals surface area contributed by atoms with Crippen molar-refractivity contribution in [3.05, 3.63) is 0 Å². The highest BCUT2D eigenvalue weighted by Gasteiger charge is 2.08. The van der Waals surface area contributed by atoms with Crippen molar-refractivity contribution in [2.24, 2.45) is 5.84 Å². The number of nitrogens with one attached hydrogen (secondary N) is 1. The molecule has 1 aliphatic rings. The summed E-state index contributed by atoms with van der Waals surface area (Å²) in [6, 6.07) is 0.479. The highest BCUT2D eigenvalue weighted by atomic mass is 16.5. The Morgan fingerprint density at radius 3 is 3.00 bits per heavy atom. The van der Waals surface area contributed by atoms with Crippen molar-refractivity contribution in [3.63, 3.8) is 0 Å². The summed E-state index contributed by atoms with van der Waals surface area (Å²) in [7, 11) is 0. The van der Waals surface area contributed by atoms with Gasteiger partial charge < -0.3 is 4.74 Å². The first kappa shape index (κ1) is 6.99. The molecule has 0 aromatic heterocycles. The average Bonchev–Trinajstić information content (AvgIpc) is 2.13. The van der Waals surface area contributed by atoms with E-state index in [4.69, 9.17) is 10.6 Å². The molecule has 9 heavy (non-hydrogen) atoms. The lowest BCUT2D eigenvalue weighted by molar-refractivity contribution is 0.142. The second kappa shape index (κ2) is 3.82. The minimum absolute atomic E-state index is 0.479. The topological polar surface area (TPSA) is 47.3 Å². The molecule has 0 amide bonds. The number of rotatable bonds is 1. The minimum Gasteiger partial charge on any atom is -0.381 e. The lowest BCUT2D eigenvalue weighted by Gasteiger charge is -2.09. The smallest absolute Gasteiger partial charge is 0.0481 e. The lowest BCUT2D eigenvalue weighted by atomic mass is 10.1. The summed E-state index contributed by atoms with van der Waals surface area (Å²) in [5.41, 5.74) is 2.76. The molecule has 0 spiro atoms.